The van der Waals surface area contributed by atoms with Crippen LogP contribution in [0.5, 0.6) is 0 Å². The summed E-state index contributed by atoms with van der Waals surface area (Å²) < 4.78 is 40.1. The van der Waals surface area contributed by atoms with Crippen LogP contribution in [0.3, 0.4) is 0 Å². The Bertz CT molecular complexity index is 183. The molecule has 1 aliphatic heterocycles. The number of alkyl halides is 3. The van der Waals surface area contributed by atoms with Gasteiger partial charge < -0.3 is 20.1 Å². The predicted octanol–water partition coefficient (Wildman–Crippen LogP) is -0.622. The maximum absolute atomic E-state index is 12.0. The summed E-state index contributed by atoms with van der Waals surface area (Å²) in [6.45, 7) is 0. The van der Waals surface area contributed by atoms with Gasteiger partial charge in [0.15, 0.2) is 12.4 Å². The van der Waals surface area contributed by atoms with Gasteiger partial charge in [-0.05, 0) is 0 Å². The third-order valence-corrected chi connectivity index (χ3v) is 1.77. The second-order valence-electron chi connectivity index (χ2n) is 2.85. The molecule has 0 bridgehead atoms. The van der Waals surface area contributed by atoms with E-state index in [2.05, 4.69) is 4.74 Å². The highest BCUT2D eigenvalue weighted by atomic mass is 19.4. The van der Waals surface area contributed by atoms with Crippen LogP contribution < -0.4 is 0 Å². The SMILES string of the molecule is OC1C[C@H](O)[C@H](O)[C@H](C(F)(F)F)O1. The monoisotopic (exact) mass is 202 g/mol. The van der Waals surface area contributed by atoms with Crippen molar-refractivity contribution in [3.8, 4) is 0 Å². The van der Waals surface area contributed by atoms with Crippen molar-refractivity contribution in [1.29, 1.82) is 0 Å². The summed E-state index contributed by atoms with van der Waals surface area (Å²) in [7, 11) is 0. The van der Waals surface area contributed by atoms with E-state index < -0.39 is 37.2 Å². The summed E-state index contributed by atoms with van der Waals surface area (Å²) in [6.07, 6.45) is -13.1. The molecule has 3 N–H and O–H groups in total. The highest BCUT2D eigenvalue weighted by Gasteiger charge is 2.51. The first-order chi connectivity index (χ1) is 5.82. The molecule has 1 rings (SSSR count). The standard InChI is InChI=1S/C6H9F3O4/c7-6(8,9)5-4(12)2(10)1-3(11)13-5/h2-5,10-12H,1H2/t2-,3?,4-,5+/m0/s1. The zero-order chi connectivity index (χ0) is 10.2. The van der Waals surface area contributed by atoms with Gasteiger partial charge in [-0.2, -0.15) is 13.2 Å². The molecule has 0 aromatic rings. The summed E-state index contributed by atoms with van der Waals surface area (Å²) in [6, 6.07) is 0. The molecule has 1 aliphatic rings. The van der Waals surface area contributed by atoms with E-state index in [1.54, 1.807) is 0 Å². The zero-order valence-electron chi connectivity index (χ0n) is 6.40. The molecule has 4 nitrogen and oxygen atoms in total. The van der Waals surface area contributed by atoms with Crippen molar-refractivity contribution in [3.63, 3.8) is 0 Å². The molecule has 0 aromatic carbocycles. The minimum atomic E-state index is -4.79. The molecule has 0 aliphatic carbocycles. The Morgan fingerprint density at radius 2 is 1.69 bits per heavy atom. The van der Waals surface area contributed by atoms with Crippen LogP contribution in [0.4, 0.5) is 13.2 Å². The van der Waals surface area contributed by atoms with Crippen LogP contribution in [0.15, 0.2) is 0 Å². The smallest absolute Gasteiger partial charge is 0.390 e. The van der Waals surface area contributed by atoms with Gasteiger partial charge in [-0.15, -0.1) is 0 Å². The van der Waals surface area contributed by atoms with Gasteiger partial charge in [0.1, 0.15) is 6.10 Å². The molecule has 0 radical (unpaired) electrons. The van der Waals surface area contributed by atoms with E-state index in [-0.39, 0.29) is 0 Å². The lowest BCUT2D eigenvalue weighted by Crippen LogP contribution is -2.54. The molecule has 0 spiro atoms. The predicted molar refractivity (Wildman–Crippen MR) is 33.6 cm³/mol. The summed E-state index contributed by atoms with van der Waals surface area (Å²) in [5.41, 5.74) is 0. The molecule has 0 aromatic heterocycles. The first kappa shape index (κ1) is 10.7. The van der Waals surface area contributed by atoms with Crippen LogP contribution in [0, 0.1) is 0 Å². The number of hydrogen-bond acceptors (Lipinski definition) is 4. The van der Waals surface area contributed by atoms with Crippen molar-refractivity contribution >= 4 is 0 Å². The van der Waals surface area contributed by atoms with E-state index in [4.69, 9.17) is 15.3 Å². The average Bonchev–Trinajstić information content (AvgIpc) is 1.94. The van der Waals surface area contributed by atoms with Crippen molar-refractivity contribution in [2.24, 2.45) is 0 Å². The van der Waals surface area contributed by atoms with Crippen LogP contribution >= 0.6 is 0 Å². The fourth-order valence-electron chi connectivity index (χ4n) is 1.12. The summed E-state index contributed by atoms with van der Waals surface area (Å²) >= 11 is 0. The van der Waals surface area contributed by atoms with Crippen molar-refractivity contribution in [1.82, 2.24) is 0 Å². The summed E-state index contributed by atoms with van der Waals surface area (Å²) in [4.78, 5) is 0. The third kappa shape index (κ3) is 2.31. The molecule has 4 atom stereocenters. The van der Waals surface area contributed by atoms with Crippen molar-refractivity contribution in [2.75, 3.05) is 0 Å². The first-order valence-corrected chi connectivity index (χ1v) is 3.58. The third-order valence-electron chi connectivity index (χ3n) is 1.77. The molecule has 13 heavy (non-hydrogen) atoms. The van der Waals surface area contributed by atoms with Crippen molar-refractivity contribution in [2.45, 2.75) is 37.2 Å². The molecule has 0 saturated carbocycles. The highest BCUT2D eigenvalue weighted by Crippen LogP contribution is 2.31. The lowest BCUT2D eigenvalue weighted by atomic mass is 10.0. The Morgan fingerprint density at radius 1 is 1.15 bits per heavy atom. The van der Waals surface area contributed by atoms with Crippen LogP contribution in [0.1, 0.15) is 6.42 Å². The minimum Gasteiger partial charge on any atom is -0.390 e. The fraction of sp³-hybridized carbons (Fsp3) is 1.00. The lowest BCUT2D eigenvalue weighted by Gasteiger charge is -2.35. The second kappa shape index (κ2) is 3.41. The Kier molecular flexibility index (Phi) is 2.81. The Morgan fingerprint density at radius 3 is 2.15 bits per heavy atom. The summed E-state index contributed by atoms with van der Waals surface area (Å²) in [5.74, 6) is 0. The Balaban J connectivity index is 2.72. The maximum Gasteiger partial charge on any atom is 0.417 e. The van der Waals surface area contributed by atoms with E-state index in [1.165, 1.54) is 0 Å². The van der Waals surface area contributed by atoms with Gasteiger partial charge in [0.2, 0.25) is 0 Å². The molecule has 1 unspecified atom stereocenters. The number of aliphatic hydroxyl groups excluding tert-OH is 3. The minimum absolute atomic E-state index is 0.423. The van der Waals surface area contributed by atoms with E-state index in [1.807, 2.05) is 0 Å². The van der Waals surface area contributed by atoms with Crippen LogP contribution in [0.2, 0.25) is 0 Å². The van der Waals surface area contributed by atoms with Crippen molar-refractivity contribution in [3.05, 3.63) is 0 Å². The van der Waals surface area contributed by atoms with Gasteiger partial charge in [0.25, 0.3) is 0 Å². The normalized spacial score (nSPS) is 42.0. The number of halogens is 3. The van der Waals surface area contributed by atoms with Crippen molar-refractivity contribution < 1.29 is 33.2 Å². The molecule has 1 heterocycles. The first-order valence-electron chi connectivity index (χ1n) is 3.58. The molecule has 7 heteroatoms. The average molecular weight is 202 g/mol. The van der Waals surface area contributed by atoms with E-state index in [9.17, 15) is 13.2 Å². The summed E-state index contributed by atoms with van der Waals surface area (Å²) in [5, 5.41) is 26.5. The van der Waals surface area contributed by atoms with Gasteiger partial charge in [0.05, 0.1) is 6.10 Å². The Hall–Kier alpha value is -0.370. The Labute approximate surface area is 71.6 Å². The quantitative estimate of drug-likeness (QED) is 0.489. The number of ether oxygens (including phenoxy) is 1. The second-order valence-corrected chi connectivity index (χ2v) is 2.85. The number of hydrogen-bond donors (Lipinski definition) is 3. The van der Waals surface area contributed by atoms with Gasteiger partial charge in [-0.3, -0.25) is 0 Å². The zero-order valence-corrected chi connectivity index (χ0v) is 6.40. The molecular formula is C6H9F3O4. The largest absolute Gasteiger partial charge is 0.417 e. The molecule has 1 fully saturated rings. The van der Waals surface area contributed by atoms with Crippen LogP contribution in [-0.4, -0.2) is 46.1 Å². The molecular weight excluding hydrogens is 193 g/mol. The maximum atomic E-state index is 12.0. The topological polar surface area (TPSA) is 69.9 Å². The number of aliphatic hydroxyl groups is 3. The molecule has 78 valence electrons. The fourth-order valence-corrected chi connectivity index (χ4v) is 1.12. The van der Waals surface area contributed by atoms with Crippen LogP contribution in [-0.2, 0) is 4.74 Å². The van der Waals surface area contributed by atoms with Gasteiger partial charge in [-0.25, -0.2) is 0 Å². The number of rotatable bonds is 0. The van der Waals surface area contributed by atoms with Gasteiger partial charge in [-0.1, -0.05) is 0 Å². The molecule has 1 saturated heterocycles. The van der Waals surface area contributed by atoms with Crippen LogP contribution in [0.25, 0.3) is 0 Å². The van der Waals surface area contributed by atoms with Gasteiger partial charge >= 0.3 is 6.18 Å². The van der Waals surface area contributed by atoms with E-state index in [0.717, 1.165) is 0 Å². The molecule has 0 amide bonds. The van der Waals surface area contributed by atoms with E-state index >= 15 is 0 Å². The highest BCUT2D eigenvalue weighted by molar-refractivity contribution is 4.86. The van der Waals surface area contributed by atoms with Gasteiger partial charge in [0, 0.05) is 6.42 Å². The van der Waals surface area contributed by atoms with E-state index in [0.29, 0.717) is 0 Å². The lowest BCUT2D eigenvalue weighted by molar-refractivity contribution is -0.320.